The molecule has 2 heterocycles. The molecule has 0 spiro atoms. The van der Waals surface area contributed by atoms with Gasteiger partial charge < -0.3 is 19.8 Å². The molecule has 1 aromatic heterocycles. The minimum absolute atomic E-state index is 0.156. The SMILES string of the molecule is Cc1c([C@@H](C)NC(=O)NC2CCOC(C)C2)oc2ccccc12. The Morgan fingerprint density at radius 2 is 2.13 bits per heavy atom. The van der Waals surface area contributed by atoms with Crippen molar-refractivity contribution >= 4 is 17.0 Å². The molecule has 2 aromatic rings. The van der Waals surface area contributed by atoms with Crippen molar-refractivity contribution in [1.82, 2.24) is 10.6 Å². The van der Waals surface area contributed by atoms with E-state index < -0.39 is 0 Å². The van der Waals surface area contributed by atoms with Gasteiger partial charge in [-0.2, -0.15) is 0 Å². The fourth-order valence-electron chi connectivity index (χ4n) is 3.22. The largest absolute Gasteiger partial charge is 0.459 e. The number of amides is 2. The van der Waals surface area contributed by atoms with Crippen molar-refractivity contribution < 1.29 is 13.9 Å². The summed E-state index contributed by atoms with van der Waals surface area (Å²) in [6.07, 6.45) is 1.91. The molecule has 23 heavy (non-hydrogen) atoms. The van der Waals surface area contributed by atoms with Crippen LogP contribution in [-0.2, 0) is 4.74 Å². The topological polar surface area (TPSA) is 63.5 Å². The Balaban J connectivity index is 1.64. The van der Waals surface area contributed by atoms with Gasteiger partial charge in [0, 0.05) is 23.6 Å². The number of para-hydroxylation sites is 1. The number of rotatable bonds is 3. The number of hydrogen-bond donors (Lipinski definition) is 2. The van der Waals surface area contributed by atoms with E-state index in [0.29, 0.717) is 6.61 Å². The van der Waals surface area contributed by atoms with E-state index in [1.807, 2.05) is 45.0 Å². The van der Waals surface area contributed by atoms with Crippen molar-refractivity contribution in [2.75, 3.05) is 6.61 Å². The molecule has 1 fully saturated rings. The van der Waals surface area contributed by atoms with Gasteiger partial charge in [-0.3, -0.25) is 0 Å². The number of hydrogen-bond acceptors (Lipinski definition) is 3. The lowest BCUT2D eigenvalue weighted by molar-refractivity contribution is 0.0153. The first kappa shape index (κ1) is 15.9. The first-order chi connectivity index (χ1) is 11.0. The van der Waals surface area contributed by atoms with Crippen LogP contribution in [0.5, 0.6) is 0 Å². The summed E-state index contributed by atoms with van der Waals surface area (Å²) in [6.45, 7) is 6.70. The maximum absolute atomic E-state index is 12.2. The van der Waals surface area contributed by atoms with Gasteiger partial charge >= 0.3 is 6.03 Å². The standard InChI is InChI=1S/C18H24N2O3/c1-11-10-14(8-9-22-11)20-18(21)19-13(3)17-12(2)15-6-4-5-7-16(15)23-17/h4-7,11,13-14H,8-10H2,1-3H3,(H2,19,20,21)/t11?,13-,14?/m1/s1. The molecule has 0 bridgehead atoms. The van der Waals surface area contributed by atoms with Gasteiger partial charge in [0.25, 0.3) is 0 Å². The molecule has 0 aliphatic carbocycles. The highest BCUT2D eigenvalue weighted by atomic mass is 16.5. The molecule has 2 unspecified atom stereocenters. The molecule has 0 radical (unpaired) electrons. The molecule has 3 atom stereocenters. The number of furan rings is 1. The highest BCUT2D eigenvalue weighted by Gasteiger charge is 2.23. The number of urea groups is 1. The molecule has 3 rings (SSSR count). The molecule has 5 nitrogen and oxygen atoms in total. The molecule has 5 heteroatoms. The Bertz CT molecular complexity index is 695. The zero-order valence-electron chi connectivity index (χ0n) is 13.9. The number of carbonyl (C=O) groups excluding carboxylic acids is 1. The van der Waals surface area contributed by atoms with Crippen LogP contribution in [-0.4, -0.2) is 24.8 Å². The van der Waals surface area contributed by atoms with Gasteiger partial charge in [0.1, 0.15) is 11.3 Å². The van der Waals surface area contributed by atoms with Crippen LogP contribution in [0.15, 0.2) is 28.7 Å². The lowest BCUT2D eigenvalue weighted by Gasteiger charge is -2.28. The number of fused-ring (bicyclic) bond motifs is 1. The minimum atomic E-state index is -0.181. The third kappa shape index (κ3) is 3.50. The summed E-state index contributed by atoms with van der Waals surface area (Å²) in [5.41, 5.74) is 1.93. The molecular weight excluding hydrogens is 292 g/mol. The molecule has 1 aliphatic rings. The minimum Gasteiger partial charge on any atom is -0.459 e. The highest BCUT2D eigenvalue weighted by molar-refractivity contribution is 5.82. The van der Waals surface area contributed by atoms with E-state index in [4.69, 9.17) is 9.15 Å². The van der Waals surface area contributed by atoms with Crippen LogP contribution in [0.2, 0.25) is 0 Å². The molecule has 2 N–H and O–H groups in total. The second-order valence-corrected chi connectivity index (χ2v) is 6.33. The van der Waals surface area contributed by atoms with Crippen LogP contribution in [0.1, 0.15) is 44.1 Å². The first-order valence-electron chi connectivity index (χ1n) is 8.21. The summed E-state index contributed by atoms with van der Waals surface area (Å²) >= 11 is 0. The Labute approximate surface area is 136 Å². The summed E-state index contributed by atoms with van der Waals surface area (Å²) < 4.78 is 11.4. The summed E-state index contributed by atoms with van der Waals surface area (Å²) in [5, 5.41) is 7.10. The molecular formula is C18H24N2O3. The van der Waals surface area contributed by atoms with Crippen molar-refractivity contribution in [2.45, 2.75) is 51.8 Å². The van der Waals surface area contributed by atoms with Gasteiger partial charge in [0.2, 0.25) is 0 Å². The Morgan fingerprint density at radius 3 is 2.87 bits per heavy atom. The zero-order valence-corrected chi connectivity index (χ0v) is 13.9. The van der Waals surface area contributed by atoms with E-state index >= 15 is 0 Å². The lowest BCUT2D eigenvalue weighted by atomic mass is 10.0. The Morgan fingerprint density at radius 1 is 1.35 bits per heavy atom. The normalized spacial score (nSPS) is 22.7. The van der Waals surface area contributed by atoms with Crippen LogP contribution in [0.25, 0.3) is 11.0 Å². The van der Waals surface area contributed by atoms with E-state index in [1.165, 1.54) is 0 Å². The third-order valence-electron chi connectivity index (χ3n) is 4.44. The van der Waals surface area contributed by atoms with E-state index in [1.54, 1.807) is 0 Å². The number of ether oxygens (including phenoxy) is 1. The fourth-order valence-corrected chi connectivity index (χ4v) is 3.22. The maximum atomic E-state index is 12.2. The predicted molar refractivity (Wildman–Crippen MR) is 89.5 cm³/mol. The van der Waals surface area contributed by atoms with Gasteiger partial charge in [0.15, 0.2) is 0 Å². The van der Waals surface area contributed by atoms with Crippen LogP contribution in [0, 0.1) is 6.92 Å². The second-order valence-electron chi connectivity index (χ2n) is 6.33. The fraction of sp³-hybridized carbons (Fsp3) is 0.500. The van der Waals surface area contributed by atoms with Crippen LogP contribution in [0.4, 0.5) is 4.79 Å². The average Bonchev–Trinajstić information content (AvgIpc) is 2.85. The summed E-state index contributed by atoms with van der Waals surface area (Å²) in [6, 6.07) is 7.76. The van der Waals surface area contributed by atoms with E-state index in [0.717, 1.165) is 35.1 Å². The quantitative estimate of drug-likeness (QED) is 0.908. The van der Waals surface area contributed by atoms with E-state index in [9.17, 15) is 4.79 Å². The van der Waals surface area contributed by atoms with Crippen molar-refractivity contribution in [3.63, 3.8) is 0 Å². The zero-order chi connectivity index (χ0) is 16.4. The summed E-state index contributed by atoms with van der Waals surface area (Å²) in [5.74, 6) is 0.807. The van der Waals surface area contributed by atoms with E-state index in [-0.39, 0.29) is 24.2 Å². The molecule has 2 amide bonds. The lowest BCUT2D eigenvalue weighted by Crippen LogP contribution is -2.46. The van der Waals surface area contributed by atoms with Gasteiger partial charge in [-0.1, -0.05) is 18.2 Å². The van der Waals surface area contributed by atoms with Gasteiger partial charge in [-0.15, -0.1) is 0 Å². The van der Waals surface area contributed by atoms with Crippen molar-refractivity contribution in [2.24, 2.45) is 0 Å². The second kappa shape index (κ2) is 6.62. The molecule has 1 aromatic carbocycles. The van der Waals surface area contributed by atoms with Gasteiger partial charge in [0.05, 0.1) is 12.1 Å². The van der Waals surface area contributed by atoms with Gasteiger partial charge in [-0.05, 0) is 39.7 Å². The summed E-state index contributed by atoms with van der Waals surface area (Å²) in [7, 11) is 0. The van der Waals surface area contributed by atoms with Gasteiger partial charge in [-0.25, -0.2) is 4.79 Å². The van der Waals surface area contributed by atoms with E-state index in [2.05, 4.69) is 10.6 Å². The molecule has 1 saturated heterocycles. The average molecular weight is 316 g/mol. The number of carbonyl (C=O) groups is 1. The summed E-state index contributed by atoms with van der Waals surface area (Å²) in [4.78, 5) is 12.2. The van der Waals surface area contributed by atoms with Crippen molar-refractivity contribution in [1.29, 1.82) is 0 Å². The predicted octanol–water partition coefficient (Wildman–Crippen LogP) is 3.67. The van der Waals surface area contributed by atoms with Crippen molar-refractivity contribution in [3.8, 4) is 0 Å². The maximum Gasteiger partial charge on any atom is 0.315 e. The number of benzene rings is 1. The highest BCUT2D eigenvalue weighted by Crippen LogP contribution is 2.29. The van der Waals surface area contributed by atoms with Crippen LogP contribution in [0.3, 0.4) is 0 Å². The number of nitrogens with one attached hydrogen (secondary N) is 2. The third-order valence-corrected chi connectivity index (χ3v) is 4.44. The monoisotopic (exact) mass is 316 g/mol. The Hall–Kier alpha value is -2.01. The first-order valence-corrected chi connectivity index (χ1v) is 8.21. The molecule has 1 aliphatic heterocycles. The van der Waals surface area contributed by atoms with Crippen LogP contribution < -0.4 is 10.6 Å². The molecule has 0 saturated carbocycles. The molecule has 124 valence electrons. The smallest absolute Gasteiger partial charge is 0.315 e. The van der Waals surface area contributed by atoms with Crippen molar-refractivity contribution in [3.05, 3.63) is 35.6 Å². The Kier molecular flexibility index (Phi) is 4.57. The van der Waals surface area contributed by atoms with Crippen LogP contribution >= 0.6 is 0 Å². The number of aryl methyl sites for hydroxylation is 1.